The zero-order valence-corrected chi connectivity index (χ0v) is 13.6. The minimum absolute atomic E-state index is 0.0203. The lowest BCUT2D eigenvalue weighted by atomic mass is 9.97. The third-order valence-corrected chi connectivity index (χ3v) is 4.33. The molecule has 4 heteroatoms. The van der Waals surface area contributed by atoms with Gasteiger partial charge in [0.25, 0.3) is 0 Å². The first-order valence-electron chi connectivity index (χ1n) is 7.93. The van der Waals surface area contributed by atoms with Crippen molar-refractivity contribution in [2.24, 2.45) is 0 Å². The van der Waals surface area contributed by atoms with Crippen LogP contribution < -0.4 is 4.74 Å². The molecular weight excluding hydrogens is 304 g/mol. The molecule has 2 aromatic carbocycles. The Balaban J connectivity index is 1.73. The van der Waals surface area contributed by atoms with Crippen LogP contribution in [0.2, 0.25) is 0 Å². The van der Waals surface area contributed by atoms with Gasteiger partial charge in [0.05, 0.1) is 5.56 Å². The summed E-state index contributed by atoms with van der Waals surface area (Å²) in [5.74, 6) is 0.734. The Kier molecular flexibility index (Phi) is 4.30. The minimum atomic E-state index is -0.145. The van der Waals surface area contributed by atoms with Gasteiger partial charge < -0.3 is 14.9 Å². The van der Waals surface area contributed by atoms with Gasteiger partial charge in [0.1, 0.15) is 23.4 Å². The van der Waals surface area contributed by atoms with E-state index in [1.54, 1.807) is 36.4 Å². The van der Waals surface area contributed by atoms with E-state index in [-0.39, 0.29) is 23.4 Å². The van der Waals surface area contributed by atoms with Crippen molar-refractivity contribution in [1.82, 2.24) is 0 Å². The maximum Gasteiger partial charge on any atom is 0.166 e. The number of ether oxygens (including phenoxy) is 1. The number of hydrogen-bond donors (Lipinski definition) is 2. The minimum Gasteiger partial charge on any atom is -0.508 e. The van der Waals surface area contributed by atoms with Crippen LogP contribution in [0.5, 0.6) is 17.2 Å². The SMILES string of the molecule is C=C(C)[C@@H]1Cc2c(ccc(C(=O)CCc3ccc(O)cc3)c2O)O1. The Hall–Kier alpha value is -2.75. The first-order chi connectivity index (χ1) is 11.5. The summed E-state index contributed by atoms with van der Waals surface area (Å²) in [6.07, 6.45) is 1.24. The van der Waals surface area contributed by atoms with Gasteiger partial charge in [0.15, 0.2) is 5.78 Å². The second-order valence-corrected chi connectivity index (χ2v) is 6.19. The predicted molar refractivity (Wildman–Crippen MR) is 91.8 cm³/mol. The number of phenolic OH excluding ortho intramolecular Hbond substituents is 2. The van der Waals surface area contributed by atoms with Gasteiger partial charge in [0.2, 0.25) is 0 Å². The highest BCUT2D eigenvalue weighted by molar-refractivity contribution is 5.99. The summed E-state index contributed by atoms with van der Waals surface area (Å²) in [4.78, 5) is 12.5. The number of rotatable bonds is 5. The van der Waals surface area contributed by atoms with Crippen LogP contribution in [0.4, 0.5) is 0 Å². The first kappa shape index (κ1) is 16.1. The van der Waals surface area contributed by atoms with Crippen molar-refractivity contribution < 1.29 is 19.7 Å². The van der Waals surface area contributed by atoms with Crippen molar-refractivity contribution in [3.05, 3.63) is 65.2 Å². The summed E-state index contributed by atoms with van der Waals surface area (Å²) >= 11 is 0. The standard InChI is InChI=1S/C20H20O4/c1-12(2)19-11-16-18(24-19)10-8-15(20(16)23)17(22)9-5-13-3-6-14(21)7-4-13/h3-4,6-8,10,19,21,23H,1,5,9,11H2,2H3/t19-/m0/s1. The Morgan fingerprint density at radius 2 is 1.92 bits per heavy atom. The van der Waals surface area contributed by atoms with Crippen LogP contribution in [-0.2, 0) is 12.8 Å². The van der Waals surface area contributed by atoms with Crippen LogP contribution in [0, 0.1) is 0 Å². The van der Waals surface area contributed by atoms with Gasteiger partial charge in [-0.25, -0.2) is 0 Å². The highest BCUT2D eigenvalue weighted by Crippen LogP contribution is 2.39. The normalized spacial score (nSPS) is 15.6. The molecule has 2 N–H and O–H groups in total. The van der Waals surface area contributed by atoms with Gasteiger partial charge in [-0.05, 0) is 48.7 Å². The van der Waals surface area contributed by atoms with Gasteiger partial charge in [-0.1, -0.05) is 18.7 Å². The van der Waals surface area contributed by atoms with Crippen LogP contribution >= 0.6 is 0 Å². The van der Waals surface area contributed by atoms with Crippen LogP contribution in [0.15, 0.2) is 48.6 Å². The van der Waals surface area contributed by atoms with Gasteiger partial charge in [-0.2, -0.15) is 0 Å². The predicted octanol–water partition coefficient (Wildman–Crippen LogP) is 3.79. The lowest BCUT2D eigenvalue weighted by molar-refractivity contribution is 0.0980. The largest absolute Gasteiger partial charge is 0.508 e. The number of aromatic hydroxyl groups is 2. The Bertz CT molecular complexity index is 790. The summed E-state index contributed by atoms with van der Waals surface area (Å²) in [7, 11) is 0. The van der Waals surface area contributed by atoms with E-state index >= 15 is 0 Å². The Labute approximate surface area is 141 Å². The smallest absolute Gasteiger partial charge is 0.166 e. The number of fused-ring (bicyclic) bond motifs is 1. The molecule has 1 heterocycles. The van der Waals surface area contributed by atoms with E-state index in [1.807, 2.05) is 6.92 Å². The molecule has 0 aromatic heterocycles. The zero-order valence-electron chi connectivity index (χ0n) is 13.6. The molecule has 4 nitrogen and oxygen atoms in total. The van der Waals surface area contributed by atoms with Crippen LogP contribution in [0.3, 0.4) is 0 Å². The Morgan fingerprint density at radius 3 is 2.58 bits per heavy atom. The summed E-state index contributed by atoms with van der Waals surface area (Å²) in [6.45, 7) is 5.77. The number of carbonyl (C=O) groups is 1. The number of ketones is 1. The maximum atomic E-state index is 12.5. The molecular formula is C20H20O4. The zero-order chi connectivity index (χ0) is 17.3. The summed E-state index contributed by atoms with van der Waals surface area (Å²) in [6, 6.07) is 10.1. The van der Waals surface area contributed by atoms with E-state index in [0.717, 1.165) is 11.1 Å². The summed E-state index contributed by atoms with van der Waals surface area (Å²) < 4.78 is 5.73. The summed E-state index contributed by atoms with van der Waals surface area (Å²) in [5.41, 5.74) is 2.87. The average molecular weight is 324 g/mol. The molecule has 0 radical (unpaired) electrons. The van der Waals surface area contributed by atoms with E-state index in [1.165, 1.54) is 0 Å². The van der Waals surface area contributed by atoms with E-state index in [0.29, 0.717) is 36.1 Å². The van der Waals surface area contributed by atoms with Crippen molar-refractivity contribution >= 4 is 5.78 Å². The maximum absolute atomic E-state index is 12.5. The molecule has 1 aliphatic heterocycles. The topological polar surface area (TPSA) is 66.8 Å². The molecule has 0 fully saturated rings. The fourth-order valence-corrected chi connectivity index (χ4v) is 2.86. The van der Waals surface area contributed by atoms with Gasteiger partial charge >= 0.3 is 0 Å². The lowest BCUT2D eigenvalue weighted by Gasteiger charge is -2.09. The summed E-state index contributed by atoms with van der Waals surface area (Å²) in [5, 5.41) is 19.7. The van der Waals surface area contributed by atoms with Gasteiger partial charge in [-0.15, -0.1) is 0 Å². The van der Waals surface area contributed by atoms with E-state index in [2.05, 4.69) is 6.58 Å². The third-order valence-electron chi connectivity index (χ3n) is 4.33. The molecule has 0 unspecified atom stereocenters. The average Bonchev–Trinajstić information content (AvgIpc) is 3.00. The number of carbonyl (C=O) groups excluding carboxylic acids is 1. The first-order valence-corrected chi connectivity index (χ1v) is 7.93. The molecule has 1 aliphatic rings. The molecule has 124 valence electrons. The Morgan fingerprint density at radius 1 is 1.21 bits per heavy atom. The molecule has 0 spiro atoms. The highest BCUT2D eigenvalue weighted by atomic mass is 16.5. The van der Waals surface area contributed by atoms with Crippen LogP contribution in [0.1, 0.15) is 34.8 Å². The molecule has 2 aromatic rings. The molecule has 0 saturated heterocycles. The van der Waals surface area contributed by atoms with Crippen molar-refractivity contribution in [3.8, 4) is 17.2 Å². The van der Waals surface area contributed by atoms with Crippen molar-refractivity contribution in [2.75, 3.05) is 0 Å². The molecule has 3 rings (SSSR count). The number of phenols is 2. The molecule has 0 amide bonds. The monoisotopic (exact) mass is 324 g/mol. The second-order valence-electron chi connectivity index (χ2n) is 6.19. The number of Topliss-reactive ketones (excluding diaryl/α,β-unsaturated/α-hetero) is 1. The highest BCUT2D eigenvalue weighted by Gasteiger charge is 2.28. The van der Waals surface area contributed by atoms with Crippen molar-refractivity contribution in [2.45, 2.75) is 32.3 Å². The molecule has 1 atom stereocenters. The van der Waals surface area contributed by atoms with E-state index in [9.17, 15) is 15.0 Å². The molecule has 0 aliphatic carbocycles. The number of aryl methyl sites for hydroxylation is 1. The molecule has 24 heavy (non-hydrogen) atoms. The van der Waals surface area contributed by atoms with Crippen molar-refractivity contribution in [1.29, 1.82) is 0 Å². The van der Waals surface area contributed by atoms with E-state index in [4.69, 9.17) is 4.74 Å². The third kappa shape index (κ3) is 3.13. The number of benzene rings is 2. The fraction of sp³-hybridized carbons (Fsp3) is 0.250. The van der Waals surface area contributed by atoms with Crippen LogP contribution in [0.25, 0.3) is 0 Å². The van der Waals surface area contributed by atoms with Crippen LogP contribution in [-0.4, -0.2) is 22.1 Å². The number of hydrogen-bond acceptors (Lipinski definition) is 4. The van der Waals surface area contributed by atoms with Gasteiger partial charge in [0, 0.05) is 18.4 Å². The molecule has 0 saturated carbocycles. The van der Waals surface area contributed by atoms with Gasteiger partial charge in [-0.3, -0.25) is 4.79 Å². The second kappa shape index (κ2) is 6.40. The van der Waals surface area contributed by atoms with Crippen molar-refractivity contribution in [3.63, 3.8) is 0 Å². The molecule has 0 bridgehead atoms. The quantitative estimate of drug-likeness (QED) is 0.648. The fourth-order valence-electron chi connectivity index (χ4n) is 2.86. The van der Waals surface area contributed by atoms with E-state index < -0.39 is 0 Å². The lowest BCUT2D eigenvalue weighted by Crippen LogP contribution is -2.13.